The first-order chi connectivity index (χ1) is 14.1. The zero-order valence-electron chi connectivity index (χ0n) is 16.6. The maximum atomic E-state index is 12.7. The number of hydrogen-bond donors (Lipinski definition) is 1. The van der Waals surface area contributed by atoms with Crippen LogP contribution >= 0.6 is 0 Å². The highest BCUT2D eigenvalue weighted by atomic mass is 19.4. The molecule has 1 fully saturated rings. The third-order valence-electron chi connectivity index (χ3n) is 5.67. The van der Waals surface area contributed by atoms with Crippen molar-refractivity contribution in [1.82, 2.24) is 29.9 Å². The molecule has 1 atom stereocenters. The molecule has 1 aliphatic heterocycles. The fourth-order valence-electron chi connectivity index (χ4n) is 3.95. The number of aromatic nitrogens is 5. The molecule has 1 unspecified atom stereocenters. The van der Waals surface area contributed by atoms with Crippen LogP contribution in [0.15, 0.2) is 12.4 Å². The molecular weight excluding hydrogens is 403 g/mol. The van der Waals surface area contributed by atoms with Crippen LogP contribution < -0.4 is 10.2 Å². The maximum Gasteiger partial charge on any atom is 0.391 e. The van der Waals surface area contributed by atoms with Crippen molar-refractivity contribution in [3.8, 4) is 0 Å². The lowest BCUT2D eigenvalue weighted by Gasteiger charge is -2.36. The molecule has 1 saturated carbocycles. The Hall–Kier alpha value is -2.92. The predicted molar refractivity (Wildman–Crippen MR) is 98.5 cm³/mol. The third kappa shape index (κ3) is 3.90. The van der Waals surface area contributed by atoms with Crippen LogP contribution in [0.5, 0.6) is 0 Å². The van der Waals surface area contributed by atoms with E-state index in [1.165, 1.54) is 15.9 Å². The molecule has 30 heavy (non-hydrogen) atoms. The summed E-state index contributed by atoms with van der Waals surface area (Å²) in [6.45, 7) is 2.58. The van der Waals surface area contributed by atoms with Crippen molar-refractivity contribution in [2.75, 3.05) is 11.9 Å². The van der Waals surface area contributed by atoms with E-state index in [-0.39, 0.29) is 37.0 Å². The van der Waals surface area contributed by atoms with Gasteiger partial charge in [0.2, 0.25) is 5.82 Å². The van der Waals surface area contributed by atoms with E-state index in [2.05, 4.69) is 20.5 Å². The molecule has 9 nitrogen and oxygen atoms in total. The average Bonchev–Trinajstić information content (AvgIpc) is 3.23. The van der Waals surface area contributed by atoms with E-state index in [4.69, 9.17) is 0 Å². The van der Waals surface area contributed by atoms with Crippen LogP contribution in [-0.2, 0) is 17.9 Å². The van der Waals surface area contributed by atoms with Gasteiger partial charge >= 0.3 is 6.18 Å². The van der Waals surface area contributed by atoms with E-state index in [1.807, 2.05) is 6.92 Å². The van der Waals surface area contributed by atoms with Gasteiger partial charge in [0.1, 0.15) is 18.2 Å². The van der Waals surface area contributed by atoms with Crippen LogP contribution in [-0.4, -0.2) is 55.6 Å². The Labute approximate surface area is 170 Å². The van der Waals surface area contributed by atoms with Gasteiger partial charge in [0.05, 0.1) is 11.6 Å². The minimum absolute atomic E-state index is 0.0576. The molecule has 1 N–H and O–H groups in total. The fraction of sp³-hybridized carbons (Fsp3) is 0.611. The standard InChI is InChI=1S/C18H22F3N7O2/c1-10-5-14-26(2)17(30)13(3-4-28(14)24-10)23-16(29)15-22-9-27(25-15)8-11-6-12(7-11)18(19,20)21/h5,9,11-13H,3-4,6-8H2,1-2H3,(H,23,29). The summed E-state index contributed by atoms with van der Waals surface area (Å²) in [5, 5.41) is 11.1. The van der Waals surface area contributed by atoms with Crippen molar-refractivity contribution in [2.45, 2.75) is 51.5 Å². The van der Waals surface area contributed by atoms with E-state index in [9.17, 15) is 22.8 Å². The van der Waals surface area contributed by atoms with Crippen LogP contribution in [0.1, 0.15) is 35.6 Å². The second-order valence-corrected chi connectivity index (χ2v) is 7.95. The number of carbonyl (C=O) groups is 2. The van der Waals surface area contributed by atoms with E-state index in [0.717, 1.165) is 5.69 Å². The van der Waals surface area contributed by atoms with E-state index in [1.54, 1.807) is 17.8 Å². The third-order valence-corrected chi connectivity index (χ3v) is 5.67. The average molecular weight is 425 g/mol. The van der Waals surface area contributed by atoms with Gasteiger partial charge in [0.25, 0.3) is 11.8 Å². The van der Waals surface area contributed by atoms with Gasteiger partial charge in [-0.3, -0.25) is 19.2 Å². The molecule has 4 rings (SSSR count). The van der Waals surface area contributed by atoms with Crippen molar-refractivity contribution in [1.29, 1.82) is 0 Å². The maximum absolute atomic E-state index is 12.7. The molecule has 0 saturated heterocycles. The van der Waals surface area contributed by atoms with Gasteiger partial charge in [-0.25, -0.2) is 9.67 Å². The molecular formula is C18H22F3N7O2. The number of halogens is 3. The van der Waals surface area contributed by atoms with Gasteiger partial charge in [-0.2, -0.15) is 18.3 Å². The van der Waals surface area contributed by atoms with Crippen LogP contribution in [0.3, 0.4) is 0 Å². The highest BCUT2D eigenvalue weighted by Gasteiger charge is 2.47. The molecule has 162 valence electrons. The summed E-state index contributed by atoms with van der Waals surface area (Å²) in [6, 6.07) is 1.05. The number of fused-ring (bicyclic) bond motifs is 1. The predicted octanol–water partition coefficient (Wildman–Crippen LogP) is 1.54. The number of nitrogens with zero attached hydrogens (tertiary/aromatic N) is 6. The Morgan fingerprint density at radius 2 is 2.03 bits per heavy atom. The summed E-state index contributed by atoms with van der Waals surface area (Å²) in [5.41, 5.74) is 0.801. The first-order valence-corrected chi connectivity index (χ1v) is 9.71. The Morgan fingerprint density at radius 3 is 2.73 bits per heavy atom. The number of anilines is 1. The summed E-state index contributed by atoms with van der Waals surface area (Å²) in [4.78, 5) is 30.6. The Bertz CT molecular complexity index is 961. The second kappa shape index (κ2) is 7.40. The summed E-state index contributed by atoms with van der Waals surface area (Å²) < 4.78 is 40.9. The van der Waals surface area contributed by atoms with Gasteiger partial charge in [-0.05, 0) is 32.1 Å². The van der Waals surface area contributed by atoms with Crippen molar-refractivity contribution < 1.29 is 22.8 Å². The number of alkyl halides is 3. The lowest BCUT2D eigenvalue weighted by molar-refractivity contribution is -0.205. The number of amides is 2. The molecule has 0 radical (unpaired) electrons. The normalized spacial score (nSPS) is 24.2. The van der Waals surface area contributed by atoms with Gasteiger partial charge in [0.15, 0.2) is 0 Å². The van der Waals surface area contributed by atoms with E-state index >= 15 is 0 Å². The molecule has 0 bridgehead atoms. The number of hydrogen-bond acceptors (Lipinski definition) is 5. The SMILES string of the molecule is Cc1cc2n(n1)CCC(NC(=O)c1ncn(CC3CC(C(F)(F)F)C3)n1)C(=O)N2C. The number of likely N-dealkylation sites (N-methyl/N-ethyl adjacent to an activating group) is 1. The Morgan fingerprint density at radius 1 is 1.30 bits per heavy atom. The summed E-state index contributed by atoms with van der Waals surface area (Å²) in [5.74, 6) is -1.72. The number of rotatable bonds is 4. The first kappa shape index (κ1) is 20.4. The molecule has 2 aliphatic rings. The largest absolute Gasteiger partial charge is 0.391 e. The smallest absolute Gasteiger partial charge is 0.337 e. The second-order valence-electron chi connectivity index (χ2n) is 7.95. The molecule has 1 aliphatic carbocycles. The minimum Gasteiger partial charge on any atom is -0.337 e. The molecule has 0 spiro atoms. The first-order valence-electron chi connectivity index (χ1n) is 9.71. The van der Waals surface area contributed by atoms with Gasteiger partial charge in [-0.1, -0.05) is 0 Å². The topological polar surface area (TPSA) is 97.9 Å². The molecule has 2 amide bonds. The summed E-state index contributed by atoms with van der Waals surface area (Å²) >= 11 is 0. The summed E-state index contributed by atoms with van der Waals surface area (Å²) in [7, 11) is 1.62. The zero-order chi connectivity index (χ0) is 21.6. The molecule has 3 heterocycles. The lowest BCUT2D eigenvalue weighted by atomic mass is 9.74. The molecule has 2 aromatic heterocycles. The quantitative estimate of drug-likeness (QED) is 0.801. The number of nitrogens with one attached hydrogen (secondary N) is 1. The van der Waals surface area contributed by atoms with Crippen LogP contribution in [0.2, 0.25) is 0 Å². The minimum atomic E-state index is -4.16. The van der Waals surface area contributed by atoms with Crippen molar-refractivity contribution in [2.24, 2.45) is 11.8 Å². The fourth-order valence-corrected chi connectivity index (χ4v) is 3.95. The Balaban J connectivity index is 1.35. The van der Waals surface area contributed by atoms with Crippen LogP contribution in [0.25, 0.3) is 0 Å². The number of aryl methyl sites for hydroxylation is 2. The van der Waals surface area contributed by atoms with Crippen molar-refractivity contribution >= 4 is 17.6 Å². The number of carbonyl (C=O) groups excluding carboxylic acids is 2. The van der Waals surface area contributed by atoms with Crippen molar-refractivity contribution in [3.05, 3.63) is 23.9 Å². The lowest BCUT2D eigenvalue weighted by Crippen LogP contribution is -2.47. The molecule has 2 aromatic rings. The summed E-state index contributed by atoms with van der Waals surface area (Å²) in [6.07, 6.45) is -2.35. The highest BCUT2D eigenvalue weighted by Crippen LogP contribution is 2.45. The van der Waals surface area contributed by atoms with E-state index < -0.39 is 24.0 Å². The Kier molecular flexibility index (Phi) is 5.02. The molecule has 0 aromatic carbocycles. The monoisotopic (exact) mass is 425 g/mol. The van der Waals surface area contributed by atoms with Crippen LogP contribution in [0.4, 0.5) is 19.0 Å². The van der Waals surface area contributed by atoms with Crippen molar-refractivity contribution in [3.63, 3.8) is 0 Å². The van der Waals surface area contributed by atoms with E-state index in [0.29, 0.717) is 18.8 Å². The van der Waals surface area contributed by atoms with Gasteiger partial charge < -0.3 is 5.32 Å². The van der Waals surface area contributed by atoms with Gasteiger partial charge in [0, 0.05) is 26.2 Å². The molecule has 12 heteroatoms. The van der Waals surface area contributed by atoms with Gasteiger partial charge in [-0.15, -0.1) is 5.10 Å². The van der Waals surface area contributed by atoms with Crippen LogP contribution in [0, 0.1) is 18.8 Å². The highest BCUT2D eigenvalue weighted by molar-refractivity contribution is 6.00. The zero-order valence-corrected chi connectivity index (χ0v) is 16.6.